The third kappa shape index (κ3) is 2.71. The van der Waals surface area contributed by atoms with Gasteiger partial charge in [0.15, 0.2) is 6.72 Å². The summed E-state index contributed by atoms with van der Waals surface area (Å²) in [6, 6.07) is 9.43. The van der Waals surface area contributed by atoms with E-state index in [1.807, 2.05) is 30.3 Å². The highest BCUT2D eigenvalue weighted by Crippen LogP contribution is 1.99. The molecule has 1 aromatic carbocycles. The van der Waals surface area contributed by atoms with Crippen molar-refractivity contribution in [1.29, 1.82) is 0 Å². The summed E-state index contributed by atoms with van der Waals surface area (Å²) in [7, 11) is 0. The molecule has 0 amide bonds. The maximum atomic E-state index is 10.2. The normalized spacial score (nSPS) is 9.09. The zero-order valence-electron chi connectivity index (χ0n) is 6.06. The molecule has 0 bridgehead atoms. The summed E-state index contributed by atoms with van der Waals surface area (Å²) in [6.07, 6.45) is 0. The van der Waals surface area contributed by atoms with Crippen LogP contribution in [-0.4, -0.2) is 11.6 Å². The van der Waals surface area contributed by atoms with E-state index in [1.54, 1.807) is 0 Å². The van der Waals surface area contributed by atoms with Crippen LogP contribution in [0.5, 0.6) is 0 Å². The first kappa shape index (κ1) is 7.60. The lowest BCUT2D eigenvalue weighted by molar-refractivity contribution is -0.741. The van der Waals surface area contributed by atoms with Crippen molar-refractivity contribution in [2.75, 3.05) is 0 Å². The van der Waals surface area contributed by atoms with Crippen LogP contribution in [0, 0.1) is 5.21 Å². The molecule has 0 N–H and O–H groups in total. The van der Waals surface area contributed by atoms with E-state index in [1.165, 1.54) is 0 Å². The Morgan fingerprint density at radius 3 is 2.55 bits per heavy atom. The van der Waals surface area contributed by atoms with Crippen LogP contribution < -0.4 is 0 Å². The van der Waals surface area contributed by atoms with Crippen molar-refractivity contribution in [3.63, 3.8) is 0 Å². The van der Waals surface area contributed by atoms with E-state index in [4.69, 9.17) is 0 Å². The second kappa shape index (κ2) is 3.61. The average molecular weight is 151 g/mol. The molecule has 58 valence electrons. The Morgan fingerprint density at radius 1 is 1.36 bits per heavy atom. The summed E-state index contributed by atoms with van der Waals surface area (Å²) in [4.78, 5) is 4.80. The molecule has 1 rings (SSSR count). The monoisotopic (exact) mass is 151 g/mol. The van der Waals surface area contributed by atoms with E-state index in [-0.39, 0.29) is 11.5 Å². The van der Waals surface area contributed by atoms with Gasteiger partial charge in [0, 0.05) is 4.90 Å². The first-order valence-corrected chi connectivity index (χ1v) is 3.23. The first-order chi connectivity index (χ1) is 5.29. The Labute approximate surface area is 65.1 Å². The molecule has 0 aliphatic heterocycles. The summed E-state index contributed by atoms with van der Waals surface area (Å²) in [5, 5.41) is 10.2. The fourth-order valence-corrected chi connectivity index (χ4v) is 0.721. The number of benzene rings is 1. The smallest absolute Gasteiger partial charge is 0.198 e. The lowest BCUT2D eigenvalue weighted by Crippen LogP contribution is -2.01. The van der Waals surface area contributed by atoms with Gasteiger partial charge < -0.3 is 4.84 Å². The lowest BCUT2D eigenvalue weighted by Gasteiger charge is -2.03. The number of nitrogens with zero attached hydrogens (tertiary/aromatic N) is 1. The van der Waals surface area contributed by atoms with Gasteiger partial charge in [0.05, 0.1) is 6.61 Å². The molecule has 1 aromatic rings. The molecule has 3 nitrogen and oxygen atoms in total. The van der Waals surface area contributed by atoms with E-state index in [2.05, 4.69) is 11.6 Å². The zero-order valence-corrected chi connectivity index (χ0v) is 6.06. The molecule has 11 heavy (non-hydrogen) atoms. The van der Waals surface area contributed by atoms with Crippen molar-refractivity contribution < 1.29 is 9.74 Å². The Bertz CT molecular complexity index is 233. The van der Waals surface area contributed by atoms with Crippen molar-refractivity contribution in [2.45, 2.75) is 6.61 Å². The Morgan fingerprint density at radius 2 is 2.00 bits per heavy atom. The number of rotatable bonds is 3. The van der Waals surface area contributed by atoms with E-state index in [0.717, 1.165) is 5.56 Å². The van der Waals surface area contributed by atoms with Gasteiger partial charge in [-0.15, -0.1) is 0 Å². The van der Waals surface area contributed by atoms with Gasteiger partial charge in [-0.05, 0) is 5.56 Å². The van der Waals surface area contributed by atoms with Crippen molar-refractivity contribution in [3.8, 4) is 0 Å². The largest absolute Gasteiger partial charge is 0.399 e. The minimum absolute atomic E-state index is 0.201. The molecule has 0 fully saturated rings. The molecular formula is C8H9NO2. The molecule has 0 aliphatic rings. The predicted molar refractivity (Wildman–Crippen MR) is 42.0 cm³/mol. The van der Waals surface area contributed by atoms with Crippen LogP contribution in [0.4, 0.5) is 0 Å². The minimum Gasteiger partial charge on any atom is -0.399 e. The second-order valence-electron chi connectivity index (χ2n) is 2.09. The Hall–Kier alpha value is -1.51. The molecule has 0 aliphatic carbocycles. The molecule has 0 atom stereocenters. The van der Waals surface area contributed by atoms with Gasteiger partial charge in [0.2, 0.25) is 0 Å². The van der Waals surface area contributed by atoms with E-state index >= 15 is 0 Å². The zero-order chi connectivity index (χ0) is 8.10. The molecular weight excluding hydrogens is 142 g/mol. The lowest BCUT2D eigenvalue weighted by atomic mass is 10.2. The van der Waals surface area contributed by atoms with Crippen molar-refractivity contribution in [3.05, 3.63) is 41.1 Å². The van der Waals surface area contributed by atoms with Crippen LogP contribution in [0.1, 0.15) is 5.56 Å². The predicted octanol–water partition coefficient (Wildman–Crippen LogP) is 1.33. The van der Waals surface area contributed by atoms with E-state index in [0.29, 0.717) is 0 Å². The third-order valence-corrected chi connectivity index (χ3v) is 1.22. The fourth-order valence-electron chi connectivity index (χ4n) is 0.721. The quantitative estimate of drug-likeness (QED) is 0.371. The van der Waals surface area contributed by atoms with Crippen LogP contribution in [0.2, 0.25) is 0 Å². The third-order valence-electron chi connectivity index (χ3n) is 1.22. The molecule has 0 saturated heterocycles. The van der Waals surface area contributed by atoms with Gasteiger partial charge in [-0.1, -0.05) is 30.3 Å². The minimum atomic E-state index is 0.201. The fraction of sp³-hybridized carbons (Fsp3) is 0.125. The highest BCUT2D eigenvalue weighted by atomic mass is 16.9. The van der Waals surface area contributed by atoms with Crippen molar-refractivity contribution >= 4 is 6.72 Å². The van der Waals surface area contributed by atoms with Crippen LogP contribution >= 0.6 is 0 Å². The maximum Gasteiger partial charge on any atom is 0.198 e. The molecule has 0 radical (unpaired) electrons. The topological polar surface area (TPSA) is 35.3 Å². The van der Waals surface area contributed by atoms with E-state index in [9.17, 15) is 5.21 Å². The number of hydrogen-bond donors (Lipinski definition) is 0. The SMILES string of the molecule is C=[N+]([O-])OCc1ccccc1. The number of hydrogen-bond acceptors (Lipinski definition) is 2. The first-order valence-electron chi connectivity index (χ1n) is 3.23. The van der Waals surface area contributed by atoms with Crippen LogP contribution in [0.25, 0.3) is 0 Å². The summed E-state index contributed by atoms with van der Waals surface area (Å²) < 4.78 is 0. The maximum absolute atomic E-state index is 10.2. The van der Waals surface area contributed by atoms with Crippen LogP contribution in [0.15, 0.2) is 30.3 Å². The molecule has 0 spiro atoms. The summed E-state index contributed by atoms with van der Waals surface area (Å²) in [5.41, 5.74) is 0.956. The van der Waals surface area contributed by atoms with Crippen LogP contribution in [0.3, 0.4) is 0 Å². The Balaban J connectivity index is 2.45. The summed E-state index contributed by atoms with van der Waals surface area (Å²) >= 11 is 0. The average Bonchev–Trinajstić information content (AvgIpc) is 2.03. The molecule has 3 heteroatoms. The molecule has 0 aromatic heterocycles. The van der Waals surface area contributed by atoms with Gasteiger partial charge in [0.1, 0.15) is 0 Å². The van der Waals surface area contributed by atoms with Gasteiger partial charge in [0.25, 0.3) is 0 Å². The molecule has 0 heterocycles. The highest BCUT2D eigenvalue weighted by Gasteiger charge is 1.88. The van der Waals surface area contributed by atoms with Gasteiger partial charge in [-0.25, -0.2) is 0 Å². The summed E-state index contributed by atoms with van der Waals surface area (Å²) in [5.74, 6) is 0. The van der Waals surface area contributed by atoms with E-state index < -0.39 is 0 Å². The van der Waals surface area contributed by atoms with Gasteiger partial charge in [-0.3, -0.25) is 5.21 Å². The Kier molecular flexibility index (Phi) is 2.49. The van der Waals surface area contributed by atoms with Crippen LogP contribution in [-0.2, 0) is 11.4 Å². The van der Waals surface area contributed by atoms with Crippen molar-refractivity contribution in [2.24, 2.45) is 0 Å². The second-order valence-corrected chi connectivity index (χ2v) is 2.09. The molecule has 0 unspecified atom stereocenters. The van der Waals surface area contributed by atoms with Crippen molar-refractivity contribution in [1.82, 2.24) is 0 Å². The standard InChI is InChI=1S/C8H9NO2/c1-9(10)11-7-8-5-3-2-4-6-8/h2-6H,1,7H2. The summed E-state index contributed by atoms with van der Waals surface area (Å²) in [6.45, 7) is 3.28. The highest BCUT2D eigenvalue weighted by molar-refractivity contribution is 5.14. The van der Waals surface area contributed by atoms with Gasteiger partial charge in [-0.2, -0.15) is 0 Å². The molecule has 0 saturated carbocycles. The van der Waals surface area contributed by atoms with Gasteiger partial charge >= 0.3 is 0 Å².